The third kappa shape index (κ3) is 4.54. The number of hydrogen-bond donors (Lipinski definition) is 2. The standard InChI is InChI=1S/C25H25ClN4O3S/c1-27-25(31)17-5-2-4-16-18-14-34-15-19(18)24(29-23(16)17)28-20-6-3-7-21(22(20)26)33-13-10-30-8-11-32-12-9-30/h2-7,14-15H,8-13H2,1H3,(H,27,31)(H,28,29). The van der Waals surface area contributed by atoms with Gasteiger partial charge in [0, 0.05) is 48.2 Å². The molecular weight excluding hydrogens is 472 g/mol. The Hall–Kier alpha value is -2.91. The molecule has 0 aliphatic carbocycles. The van der Waals surface area contributed by atoms with E-state index in [0.717, 1.165) is 49.0 Å². The van der Waals surface area contributed by atoms with Crippen molar-refractivity contribution in [1.82, 2.24) is 15.2 Å². The van der Waals surface area contributed by atoms with E-state index in [1.807, 2.05) is 35.7 Å². The Labute approximate surface area is 206 Å². The van der Waals surface area contributed by atoms with E-state index in [-0.39, 0.29) is 5.91 Å². The number of fused-ring (bicyclic) bond motifs is 3. The summed E-state index contributed by atoms with van der Waals surface area (Å²) in [6.07, 6.45) is 0. The normalized spacial score (nSPS) is 14.4. The zero-order valence-corrected chi connectivity index (χ0v) is 20.3. The average Bonchev–Trinajstić information content (AvgIpc) is 3.37. The first-order valence-electron chi connectivity index (χ1n) is 11.1. The van der Waals surface area contributed by atoms with Gasteiger partial charge in [0.25, 0.3) is 5.91 Å². The smallest absolute Gasteiger partial charge is 0.253 e. The van der Waals surface area contributed by atoms with Crippen molar-refractivity contribution in [2.75, 3.05) is 51.8 Å². The topological polar surface area (TPSA) is 75.7 Å². The predicted octanol–water partition coefficient (Wildman–Crippen LogP) is 4.92. The average molecular weight is 497 g/mol. The summed E-state index contributed by atoms with van der Waals surface area (Å²) >= 11 is 8.31. The van der Waals surface area contributed by atoms with Crippen molar-refractivity contribution in [3.8, 4) is 5.75 Å². The number of para-hydroxylation sites is 1. The van der Waals surface area contributed by atoms with Gasteiger partial charge in [-0.2, -0.15) is 11.3 Å². The number of thiophene rings is 1. The third-order valence-electron chi connectivity index (χ3n) is 5.92. The lowest BCUT2D eigenvalue weighted by Gasteiger charge is -2.26. The summed E-state index contributed by atoms with van der Waals surface area (Å²) in [7, 11) is 1.62. The van der Waals surface area contributed by atoms with E-state index in [0.29, 0.717) is 40.0 Å². The molecule has 7 nitrogen and oxygen atoms in total. The van der Waals surface area contributed by atoms with Crippen LogP contribution >= 0.6 is 22.9 Å². The van der Waals surface area contributed by atoms with Gasteiger partial charge in [-0.25, -0.2) is 4.98 Å². The number of morpholine rings is 1. The van der Waals surface area contributed by atoms with Crippen molar-refractivity contribution < 1.29 is 14.3 Å². The summed E-state index contributed by atoms with van der Waals surface area (Å²) in [5.74, 6) is 1.09. The monoisotopic (exact) mass is 496 g/mol. The quantitative estimate of drug-likeness (QED) is 0.378. The number of benzene rings is 2. The molecular formula is C25H25ClN4O3S. The van der Waals surface area contributed by atoms with Crippen molar-refractivity contribution in [2.45, 2.75) is 0 Å². The van der Waals surface area contributed by atoms with E-state index in [1.54, 1.807) is 24.5 Å². The number of aromatic nitrogens is 1. The molecule has 2 N–H and O–H groups in total. The molecule has 0 unspecified atom stereocenters. The highest BCUT2D eigenvalue weighted by atomic mass is 35.5. The van der Waals surface area contributed by atoms with Gasteiger partial charge >= 0.3 is 0 Å². The van der Waals surface area contributed by atoms with Crippen molar-refractivity contribution in [3.63, 3.8) is 0 Å². The first kappa shape index (κ1) is 22.9. The number of rotatable bonds is 7. The number of amides is 1. The molecule has 1 aliphatic heterocycles. The van der Waals surface area contributed by atoms with Crippen molar-refractivity contribution in [3.05, 3.63) is 57.7 Å². The van der Waals surface area contributed by atoms with Crippen LogP contribution in [0, 0.1) is 0 Å². The second-order valence-corrected chi connectivity index (χ2v) is 9.11. The highest BCUT2D eigenvalue weighted by molar-refractivity contribution is 7.09. The molecule has 0 bridgehead atoms. The van der Waals surface area contributed by atoms with Crippen LogP contribution in [0.1, 0.15) is 10.4 Å². The van der Waals surface area contributed by atoms with Gasteiger partial charge in [0.05, 0.1) is 30.0 Å². The Morgan fingerprint density at radius 2 is 1.94 bits per heavy atom. The number of hydrogen-bond acceptors (Lipinski definition) is 7. The predicted molar refractivity (Wildman–Crippen MR) is 138 cm³/mol. The van der Waals surface area contributed by atoms with Gasteiger partial charge in [0.15, 0.2) is 0 Å². The number of nitrogens with one attached hydrogen (secondary N) is 2. The maximum Gasteiger partial charge on any atom is 0.253 e. The van der Waals surface area contributed by atoms with Gasteiger partial charge in [-0.3, -0.25) is 9.69 Å². The van der Waals surface area contributed by atoms with Crippen LogP contribution in [0.4, 0.5) is 11.5 Å². The molecule has 9 heteroatoms. The number of anilines is 2. The molecule has 34 heavy (non-hydrogen) atoms. The largest absolute Gasteiger partial charge is 0.491 e. The molecule has 0 spiro atoms. The number of halogens is 1. The first-order valence-corrected chi connectivity index (χ1v) is 12.5. The fraction of sp³-hybridized carbons (Fsp3) is 0.280. The second kappa shape index (κ2) is 10.1. The lowest BCUT2D eigenvalue weighted by atomic mass is 10.1. The second-order valence-electron chi connectivity index (χ2n) is 7.99. The molecule has 0 atom stereocenters. The maximum atomic E-state index is 12.5. The van der Waals surface area contributed by atoms with Crippen LogP contribution in [0.25, 0.3) is 21.7 Å². The molecule has 0 radical (unpaired) electrons. The lowest BCUT2D eigenvalue weighted by Crippen LogP contribution is -2.38. The SMILES string of the molecule is CNC(=O)c1cccc2c1nc(Nc1cccc(OCCN3CCOCC3)c1Cl)c1cscc12. The molecule has 3 heterocycles. The minimum Gasteiger partial charge on any atom is -0.491 e. The zero-order chi connectivity index (χ0) is 23.5. The van der Waals surface area contributed by atoms with Crippen molar-refractivity contribution in [2.24, 2.45) is 0 Å². The van der Waals surface area contributed by atoms with Crippen LogP contribution in [0.2, 0.25) is 5.02 Å². The molecule has 5 rings (SSSR count). The number of pyridine rings is 1. The molecule has 1 amide bonds. The molecule has 2 aromatic carbocycles. The minimum atomic E-state index is -0.174. The van der Waals surface area contributed by atoms with Gasteiger partial charge < -0.3 is 20.1 Å². The highest BCUT2D eigenvalue weighted by Gasteiger charge is 2.17. The van der Waals surface area contributed by atoms with E-state index in [2.05, 4.69) is 20.9 Å². The molecule has 4 aromatic rings. The Morgan fingerprint density at radius 3 is 2.76 bits per heavy atom. The zero-order valence-electron chi connectivity index (χ0n) is 18.8. The van der Waals surface area contributed by atoms with Crippen LogP contribution in [0.15, 0.2) is 47.2 Å². The van der Waals surface area contributed by atoms with Crippen molar-refractivity contribution >= 4 is 62.0 Å². The Kier molecular flexibility index (Phi) is 6.82. The molecule has 176 valence electrons. The van der Waals surface area contributed by atoms with Gasteiger partial charge in [0.1, 0.15) is 23.2 Å². The number of carbonyl (C=O) groups is 1. The fourth-order valence-electron chi connectivity index (χ4n) is 4.11. The van der Waals surface area contributed by atoms with Crippen LogP contribution in [0.3, 0.4) is 0 Å². The molecule has 0 saturated carbocycles. The molecule has 2 aromatic heterocycles. The van der Waals surface area contributed by atoms with Crippen LogP contribution in [-0.2, 0) is 4.74 Å². The maximum absolute atomic E-state index is 12.5. The summed E-state index contributed by atoms with van der Waals surface area (Å²) in [4.78, 5) is 19.6. The summed E-state index contributed by atoms with van der Waals surface area (Å²) < 4.78 is 11.4. The molecule has 1 aliphatic rings. The van der Waals surface area contributed by atoms with Crippen LogP contribution < -0.4 is 15.4 Å². The fourth-order valence-corrected chi connectivity index (χ4v) is 5.17. The van der Waals surface area contributed by atoms with E-state index < -0.39 is 0 Å². The number of carbonyl (C=O) groups excluding carboxylic acids is 1. The van der Waals surface area contributed by atoms with Gasteiger partial charge in [-0.05, 0) is 23.6 Å². The Balaban J connectivity index is 1.44. The van der Waals surface area contributed by atoms with Crippen molar-refractivity contribution in [1.29, 1.82) is 0 Å². The third-order valence-corrected chi connectivity index (χ3v) is 7.06. The van der Waals surface area contributed by atoms with Crippen LogP contribution in [-0.4, -0.2) is 62.3 Å². The molecule has 1 fully saturated rings. The summed E-state index contributed by atoms with van der Waals surface area (Å²) in [6.45, 7) is 4.72. The Morgan fingerprint density at radius 1 is 1.15 bits per heavy atom. The van der Waals surface area contributed by atoms with Gasteiger partial charge in [-0.15, -0.1) is 0 Å². The summed E-state index contributed by atoms with van der Waals surface area (Å²) in [6, 6.07) is 11.3. The highest BCUT2D eigenvalue weighted by Crippen LogP contribution is 2.38. The number of nitrogens with zero attached hydrogens (tertiary/aromatic N) is 2. The lowest BCUT2D eigenvalue weighted by molar-refractivity contribution is 0.0322. The summed E-state index contributed by atoms with van der Waals surface area (Å²) in [5.41, 5.74) is 1.87. The number of ether oxygens (including phenoxy) is 2. The Bertz CT molecular complexity index is 1340. The van der Waals surface area contributed by atoms with Crippen LogP contribution in [0.5, 0.6) is 5.75 Å². The van der Waals surface area contributed by atoms with E-state index >= 15 is 0 Å². The minimum absolute atomic E-state index is 0.174. The van der Waals surface area contributed by atoms with E-state index in [1.165, 1.54) is 0 Å². The van der Waals surface area contributed by atoms with Gasteiger partial charge in [-0.1, -0.05) is 29.8 Å². The van der Waals surface area contributed by atoms with E-state index in [4.69, 9.17) is 26.1 Å². The summed E-state index contributed by atoms with van der Waals surface area (Å²) in [5, 5.41) is 13.7. The first-order chi connectivity index (χ1) is 16.7. The molecule has 1 saturated heterocycles. The van der Waals surface area contributed by atoms with E-state index in [9.17, 15) is 4.79 Å². The van der Waals surface area contributed by atoms with Gasteiger partial charge in [0.2, 0.25) is 0 Å².